The molecule has 4 nitrogen and oxygen atoms in total. The summed E-state index contributed by atoms with van der Waals surface area (Å²) in [4.78, 5) is 14.6. The first-order valence-corrected chi connectivity index (χ1v) is 8.76. The highest BCUT2D eigenvalue weighted by Crippen LogP contribution is 2.43. The first-order valence-electron chi connectivity index (χ1n) is 7.13. The van der Waals surface area contributed by atoms with Crippen LogP contribution in [0.2, 0.25) is 0 Å². The quantitative estimate of drug-likeness (QED) is 0.469. The van der Waals surface area contributed by atoms with Crippen molar-refractivity contribution >= 4 is 44.8 Å². The molecule has 3 heterocycles. The lowest BCUT2D eigenvalue weighted by atomic mass is 10.2. The zero-order valence-electron chi connectivity index (χ0n) is 11.9. The minimum atomic E-state index is 0.812. The smallest absolute Gasteiger partial charge is 0.163 e. The molecule has 0 amide bonds. The molecule has 1 aliphatic heterocycles. The van der Waals surface area contributed by atoms with E-state index in [-0.39, 0.29) is 0 Å². The van der Waals surface area contributed by atoms with Gasteiger partial charge >= 0.3 is 0 Å². The third kappa shape index (κ3) is 2.18. The summed E-state index contributed by atoms with van der Waals surface area (Å²) in [6, 6.07) is 14.6. The number of hydrogen-bond acceptors (Lipinski definition) is 6. The summed E-state index contributed by atoms with van der Waals surface area (Å²) >= 11 is 3.35. The monoisotopic (exact) mass is 334 g/mol. The van der Waals surface area contributed by atoms with E-state index in [9.17, 15) is 0 Å². The van der Waals surface area contributed by atoms with Crippen molar-refractivity contribution in [3.05, 3.63) is 54.9 Å². The van der Waals surface area contributed by atoms with Crippen molar-refractivity contribution in [1.82, 2.24) is 15.0 Å². The van der Waals surface area contributed by atoms with Gasteiger partial charge in [-0.3, -0.25) is 0 Å². The maximum Gasteiger partial charge on any atom is 0.163 e. The van der Waals surface area contributed by atoms with Gasteiger partial charge in [-0.15, -0.1) is 11.3 Å². The largest absolute Gasteiger partial charge is 0.337 e. The predicted molar refractivity (Wildman–Crippen MR) is 94.5 cm³/mol. The number of para-hydroxylation sites is 1. The Hall–Kier alpha value is -2.44. The predicted octanol–water partition coefficient (Wildman–Crippen LogP) is 4.96. The van der Waals surface area contributed by atoms with Crippen LogP contribution >= 0.6 is 23.1 Å². The summed E-state index contributed by atoms with van der Waals surface area (Å²) in [5.74, 6) is 0.812. The fourth-order valence-electron chi connectivity index (χ4n) is 2.56. The van der Waals surface area contributed by atoms with Crippen LogP contribution in [0.1, 0.15) is 0 Å². The SMILES string of the molecule is c1ccc2sc(-c3ccc4c(c3)Nc3nccnc3S4)nc2c1. The second-order valence-electron chi connectivity index (χ2n) is 5.13. The zero-order valence-corrected chi connectivity index (χ0v) is 13.5. The van der Waals surface area contributed by atoms with E-state index in [1.807, 2.05) is 18.2 Å². The molecule has 0 radical (unpaired) electrons. The van der Waals surface area contributed by atoms with Crippen molar-refractivity contribution in [2.45, 2.75) is 9.92 Å². The number of hydrogen-bond donors (Lipinski definition) is 1. The van der Waals surface area contributed by atoms with Crippen LogP contribution in [-0.4, -0.2) is 15.0 Å². The lowest BCUT2D eigenvalue weighted by Gasteiger charge is -2.18. The fourth-order valence-corrected chi connectivity index (χ4v) is 4.40. The van der Waals surface area contributed by atoms with Crippen LogP contribution in [0.25, 0.3) is 20.8 Å². The molecule has 0 aliphatic carbocycles. The molecular formula is C17H10N4S2. The summed E-state index contributed by atoms with van der Waals surface area (Å²) < 4.78 is 1.21. The number of aromatic nitrogens is 3. The van der Waals surface area contributed by atoms with Crippen LogP contribution in [0.4, 0.5) is 11.5 Å². The van der Waals surface area contributed by atoms with Crippen LogP contribution in [-0.2, 0) is 0 Å². The summed E-state index contributed by atoms with van der Waals surface area (Å²) in [6.07, 6.45) is 3.42. The van der Waals surface area contributed by atoms with Crippen LogP contribution in [0.15, 0.2) is 64.8 Å². The molecular weight excluding hydrogens is 324 g/mol. The van der Waals surface area contributed by atoms with E-state index in [4.69, 9.17) is 4.98 Å². The van der Waals surface area contributed by atoms with E-state index in [1.165, 1.54) is 4.70 Å². The van der Waals surface area contributed by atoms with E-state index < -0.39 is 0 Å². The van der Waals surface area contributed by atoms with Gasteiger partial charge in [0.2, 0.25) is 0 Å². The molecule has 1 N–H and O–H groups in total. The minimum Gasteiger partial charge on any atom is -0.337 e. The van der Waals surface area contributed by atoms with E-state index >= 15 is 0 Å². The third-order valence-electron chi connectivity index (χ3n) is 3.64. The maximum absolute atomic E-state index is 4.73. The summed E-state index contributed by atoms with van der Waals surface area (Å²) in [5, 5.41) is 5.31. The van der Waals surface area contributed by atoms with Gasteiger partial charge in [0.15, 0.2) is 5.82 Å². The molecule has 2 aromatic heterocycles. The van der Waals surface area contributed by atoms with Gasteiger partial charge in [0.1, 0.15) is 10.0 Å². The second kappa shape index (κ2) is 5.04. The van der Waals surface area contributed by atoms with Crippen molar-refractivity contribution in [2.24, 2.45) is 0 Å². The summed E-state index contributed by atoms with van der Waals surface area (Å²) in [6.45, 7) is 0. The number of nitrogens with zero attached hydrogens (tertiary/aromatic N) is 3. The molecule has 0 atom stereocenters. The fraction of sp³-hybridized carbons (Fsp3) is 0. The van der Waals surface area contributed by atoms with E-state index in [1.54, 1.807) is 35.5 Å². The molecule has 4 aromatic rings. The Morgan fingerprint density at radius 2 is 1.87 bits per heavy atom. The van der Waals surface area contributed by atoms with Gasteiger partial charge in [-0.2, -0.15) is 0 Å². The molecule has 6 heteroatoms. The van der Waals surface area contributed by atoms with Gasteiger partial charge in [-0.25, -0.2) is 15.0 Å². The average Bonchev–Trinajstić information content (AvgIpc) is 3.03. The number of nitrogens with one attached hydrogen (secondary N) is 1. The number of fused-ring (bicyclic) bond motifs is 3. The van der Waals surface area contributed by atoms with E-state index in [2.05, 4.69) is 39.6 Å². The lowest BCUT2D eigenvalue weighted by molar-refractivity contribution is 1.05. The molecule has 0 saturated carbocycles. The molecule has 5 rings (SSSR count). The molecule has 1 aliphatic rings. The van der Waals surface area contributed by atoms with Crippen LogP contribution in [0.3, 0.4) is 0 Å². The van der Waals surface area contributed by atoms with Crippen molar-refractivity contribution in [2.75, 3.05) is 5.32 Å². The highest BCUT2D eigenvalue weighted by Gasteiger charge is 2.18. The Morgan fingerprint density at radius 1 is 0.957 bits per heavy atom. The van der Waals surface area contributed by atoms with Crippen LogP contribution < -0.4 is 5.32 Å². The van der Waals surface area contributed by atoms with Gasteiger partial charge in [0.25, 0.3) is 0 Å². The van der Waals surface area contributed by atoms with Crippen LogP contribution in [0.5, 0.6) is 0 Å². The number of anilines is 2. The Morgan fingerprint density at radius 3 is 2.83 bits per heavy atom. The minimum absolute atomic E-state index is 0.812. The molecule has 110 valence electrons. The molecule has 2 aromatic carbocycles. The van der Waals surface area contributed by atoms with Gasteiger partial charge in [-0.1, -0.05) is 30.0 Å². The number of rotatable bonds is 1. The molecule has 0 saturated heterocycles. The summed E-state index contributed by atoms with van der Waals surface area (Å²) in [5.41, 5.74) is 3.22. The maximum atomic E-state index is 4.73. The normalized spacial score (nSPS) is 12.5. The molecule has 0 fully saturated rings. The zero-order chi connectivity index (χ0) is 15.2. The Kier molecular flexibility index (Phi) is 2.86. The Labute approximate surface area is 140 Å². The average molecular weight is 334 g/mol. The second-order valence-corrected chi connectivity index (χ2v) is 7.20. The van der Waals surface area contributed by atoms with E-state index in [0.29, 0.717) is 0 Å². The lowest BCUT2D eigenvalue weighted by Crippen LogP contribution is -2.03. The standard InChI is InChI=1S/C17H10N4S2/c1-2-4-13-11(3-1)21-16(22-13)10-5-6-14-12(9-10)20-15-17(23-14)19-8-7-18-15/h1-9H,(H,18,20). The van der Waals surface area contributed by atoms with Gasteiger partial charge in [0.05, 0.1) is 15.9 Å². The molecule has 23 heavy (non-hydrogen) atoms. The first kappa shape index (κ1) is 13.0. The third-order valence-corrected chi connectivity index (χ3v) is 5.80. The first-order chi connectivity index (χ1) is 11.4. The molecule has 0 spiro atoms. The van der Waals surface area contributed by atoms with Gasteiger partial charge in [-0.05, 0) is 24.3 Å². The topological polar surface area (TPSA) is 50.7 Å². The Bertz CT molecular complexity index is 1010. The number of thiazole rings is 1. The Balaban J connectivity index is 1.59. The van der Waals surface area contributed by atoms with Crippen molar-refractivity contribution in [3.63, 3.8) is 0 Å². The number of benzene rings is 2. The van der Waals surface area contributed by atoms with Gasteiger partial charge < -0.3 is 5.32 Å². The van der Waals surface area contributed by atoms with Crippen molar-refractivity contribution < 1.29 is 0 Å². The van der Waals surface area contributed by atoms with Crippen LogP contribution in [0, 0.1) is 0 Å². The molecule has 0 unspecified atom stereocenters. The molecule has 0 bridgehead atoms. The van der Waals surface area contributed by atoms with E-state index in [0.717, 1.165) is 37.5 Å². The van der Waals surface area contributed by atoms with Crippen molar-refractivity contribution in [1.29, 1.82) is 0 Å². The summed E-state index contributed by atoms with van der Waals surface area (Å²) in [7, 11) is 0. The van der Waals surface area contributed by atoms with Crippen molar-refractivity contribution in [3.8, 4) is 10.6 Å². The highest BCUT2D eigenvalue weighted by molar-refractivity contribution is 7.99. The van der Waals surface area contributed by atoms with Gasteiger partial charge in [0, 0.05) is 22.9 Å². The highest BCUT2D eigenvalue weighted by atomic mass is 32.2.